The second kappa shape index (κ2) is 25.9. The first-order valence-corrected chi connectivity index (χ1v) is 28.6. The Bertz CT molecular complexity index is 2580. The predicted octanol–water partition coefficient (Wildman–Crippen LogP) is 11.5. The van der Waals surface area contributed by atoms with E-state index in [0.29, 0.717) is 75.7 Å². The van der Waals surface area contributed by atoms with Crippen LogP contribution in [0.4, 0.5) is 0 Å². The molecule has 0 saturated carbocycles. The zero-order valence-corrected chi connectivity index (χ0v) is 44.0. The number of phenolic OH excluding ortho intramolecular Hbond substituents is 4. The van der Waals surface area contributed by atoms with Crippen molar-refractivity contribution in [1.82, 2.24) is 0 Å². The van der Waals surface area contributed by atoms with E-state index in [9.17, 15) is 30.0 Å². The second-order valence-corrected chi connectivity index (χ2v) is 22.2. The Morgan fingerprint density at radius 2 is 0.681 bits per heavy atom. The van der Waals surface area contributed by atoms with Gasteiger partial charge in [-0.15, -0.1) is 0 Å². The minimum atomic E-state index is -3.15. The molecule has 6 rings (SSSR count). The lowest BCUT2D eigenvalue weighted by Gasteiger charge is -2.28. The number of carbonyl (C=O) groups excluding carboxylic acids is 3. The Labute approximate surface area is 424 Å². The van der Waals surface area contributed by atoms with Gasteiger partial charge < -0.3 is 47.0 Å². The van der Waals surface area contributed by atoms with Crippen LogP contribution in [0.5, 0.6) is 23.0 Å². The van der Waals surface area contributed by atoms with Gasteiger partial charge in [-0.25, -0.2) is 0 Å². The van der Waals surface area contributed by atoms with Gasteiger partial charge in [0.1, 0.15) is 23.0 Å². The molecular formula is C57H66O13Si2. The van der Waals surface area contributed by atoms with Crippen molar-refractivity contribution in [1.29, 1.82) is 0 Å². The Kier molecular flexibility index (Phi) is 19.8. The van der Waals surface area contributed by atoms with Crippen LogP contribution in [0, 0.1) is 0 Å². The maximum atomic E-state index is 15.3. The van der Waals surface area contributed by atoms with Crippen molar-refractivity contribution in [2.75, 3.05) is 39.6 Å². The molecule has 0 bridgehead atoms. The summed E-state index contributed by atoms with van der Waals surface area (Å²) in [5.41, 5.74) is 1.72. The van der Waals surface area contributed by atoms with Crippen LogP contribution in [0.15, 0.2) is 121 Å². The summed E-state index contributed by atoms with van der Waals surface area (Å²) < 4.78 is 36.5. The number of hydrogen-bond acceptors (Lipinski definition) is 13. The van der Waals surface area contributed by atoms with Gasteiger partial charge in [-0.3, -0.25) is 14.4 Å². The lowest BCUT2D eigenvalue weighted by Crippen LogP contribution is -2.46. The van der Waals surface area contributed by atoms with Crippen LogP contribution in [-0.4, -0.2) is 95.0 Å². The van der Waals surface area contributed by atoms with Crippen LogP contribution in [0.3, 0.4) is 0 Å². The number of phenols is 4. The number of carbonyl (C=O) groups is 3. The van der Waals surface area contributed by atoms with E-state index in [1.807, 2.05) is 41.5 Å². The van der Waals surface area contributed by atoms with E-state index in [4.69, 9.17) is 26.6 Å². The zero-order valence-electron chi connectivity index (χ0n) is 42.0. The summed E-state index contributed by atoms with van der Waals surface area (Å²) in [5, 5.41) is 48.3. The van der Waals surface area contributed by atoms with Gasteiger partial charge >= 0.3 is 17.6 Å². The molecule has 0 spiro atoms. The van der Waals surface area contributed by atoms with Crippen molar-refractivity contribution >= 4 is 35.0 Å². The summed E-state index contributed by atoms with van der Waals surface area (Å²) in [6.07, 6.45) is 0.899. The summed E-state index contributed by atoms with van der Waals surface area (Å²) in [6, 6.07) is 33.7. The third kappa shape index (κ3) is 12.5. The molecule has 0 heterocycles. The molecule has 13 nitrogen and oxygen atoms in total. The molecule has 0 atom stereocenters. The molecule has 72 heavy (non-hydrogen) atoms. The van der Waals surface area contributed by atoms with Crippen LogP contribution in [0.1, 0.15) is 113 Å². The number of aromatic hydroxyl groups is 4. The molecule has 0 aliphatic heterocycles. The fourth-order valence-electron chi connectivity index (χ4n) is 9.10. The van der Waals surface area contributed by atoms with Crippen molar-refractivity contribution in [2.45, 2.75) is 79.3 Å². The quantitative estimate of drug-likeness (QED) is 0.0269. The van der Waals surface area contributed by atoms with E-state index in [0.717, 1.165) is 0 Å². The van der Waals surface area contributed by atoms with Crippen LogP contribution in [-0.2, 0) is 39.4 Å². The molecule has 6 aromatic rings. The van der Waals surface area contributed by atoms with Gasteiger partial charge in [-0.05, 0) is 90.5 Å². The van der Waals surface area contributed by atoms with Crippen molar-refractivity contribution < 1.29 is 61.4 Å². The molecule has 0 fully saturated rings. The van der Waals surface area contributed by atoms with Crippen LogP contribution < -0.4 is 0 Å². The highest BCUT2D eigenvalue weighted by Crippen LogP contribution is 2.46. The molecule has 380 valence electrons. The van der Waals surface area contributed by atoms with Crippen LogP contribution in [0.2, 0.25) is 12.1 Å². The number of hydrogen-bond donors (Lipinski definition) is 4. The molecular weight excluding hydrogens is 949 g/mol. The summed E-state index contributed by atoms with van der Waals surface area (Å²) in [5.74, 6) is -2.93. The van der Waals surface area contributed by atoms with Crippen molar-refractivity contribution in [3.05, 3.63) is 166 Å². The fraction of sp³-hybridized carbons (Fsp3) is 0.316. The molecule has 6 aromatic carbocycles. The minimum absolute atomic E-state index is 0.0737. The SMILES string of the molecule is CCO[Si](CCCc1c(O)c(C(=O)c2ccccc2)cc(-c2ccccc2C(=O)c2ccccc2-c2cc(C(=O)c3ccccc3)c(O)c(CCC[Si](OCC)(OCC)OCC)c2O)c1O)(OCC)OCC. The Hall–Kier alpha value is -6.28. The van der Waals surface area contributed by atoms with Gasteiger partial charge in [0.15, 0.2) is 17.3 Å². The third-order valence-corrected chi connectivity index (χ3v) is 18.5. The molecule has 15 heteroatoms. The maximum Gasteiger partial charge on any atom is 0.500 e. The zero-order chi connectivity index (χ0) is 51.8. The Balaban J connectivity index is 1.49. The largest absolute Gasteiger partial charge is 0.507 e. The fourth-order valence-corrected chi connectivity index (χ4v) is 14.3. The lowest BCUT2D eigenvalue weighted by molar-refractivity contribution is 0.0700. The number of ketones is 3. The molecule has 0 aliphatic rings. The van der Waals surface area contributed by atoms with Crippen molar-refractivity contribution in [3.8, 4) is 45.3 Å². The summed E-state index contributed by atoms with van der Waals surface area (Å²) in [4.78, 5) is 43.8. The van der Waals surface area contributed by atoms with Gasteiger partial charge in [0, 0.05) is 96.2 Å². The summed E-state index contributed by atoms with van der Waals surface area (Å²) in [6.45, 7) is 13.3. The third-order valence-electron chi connectivity index (χ3n) is 12.2. The topological polar surface area (TPSA) is 188 Å². The normalized spacial score (nSPS) is 11.8. The van der Waals surface area contributed by atoms with Crippen molar-refractivity contribution in [2.24, 2.45) is 0 Å². The van der Waals surface area contributed by atoms with Gasteiger partial charge in [-0.1, -0.05) is 109 Å². The highest BCUT2D eigenvalue weighted by atomic mass is 28.4. The molecule has 0 unspecified atom stereocenters. The van der Waals surface area contributed by atoms with E-state index < -0.39 is 46.5 Å². The Morgan fingerprint density at radius 1 is 0.375 bits per heavy atom. The molecule has 0 amide bonds. The molecule has 4 N–H and O–H groups in total. The molecule has 0 aliphatic carbocycles. The minimum Gasteiger partial charge on any atom is -0.507 e. The second-order valence-electron chi connectivity index (χ2n) is 16.8. The van der Waals surface area contributed by atoms with Crippen LogP contribution >= 0.6 is 0 Å². The summed E-state index contributed by atoms with van der Waals surface area (Å²) in [7, 11) is -6.29. The lowest BCUT2D eigenvalue weighted by atomic mass is 9.85. The average Bonchev–Trinajstić information content (AvgIpc) is 3.39. The van der Waals surface area contributed by atoms with E-state index in [-0.39, 0.29) is 80.0 Å². The highest BCUT2D eigenvalue weighted by molar-refractivity contribution is 6.61. The Morgan fingerprint density at radius 3 is 1.00 bits per heavy atom. The monoisotopic (exact) mass is 1010 g/mol. The predicted molar refractivity (Wildman–Crippen MR) is 281 cm³/mol. The molecule has 0 saturated heterocycles. The summed E-state index contributed by atoms with van der Waals surface area (Å²) >= 11 is 0. The first-order chi connectivity index (χ1) is 34.8. The smallest absolute Gasteiger partial charge is 0.500 e. The highest BCUT2D eigenvalue weighted by Gasteiger charge is 2.41. The van der Waals surface area contributed by atoms with E-state index in [2.05, 4.69) is 0 Å². The molecule has 0 radical (unpaired) electrons. The average molecular weight is 1020 g/mol. The molecule has 0 aromatic heterocycles. The van der Waals surface area contributed by atoms with Crippen molar-refractivity contribution in [3.63, 3.8) is 0 Å². The number of benzene rings is 6. The standard InChI is InChI=1S/C57H66O13Si2/c1-7-65-71(66-8-2,67-9-3)35-23-33-45-54(61)47(37-49(56(45)63)51(58)39-25-15-13-16-26-39)41-29-19-21-31-43(41)53(60)44-32-22-20-30-42(44)48-38-50(52(59)40-27-17-14-18-28-40)57(64)46(55(48)62)34-24-36-72(68-10-4,69-11-5)70-12-6/h13-22,25-32,37-38,61-64H,7-12,23-24,33-36H2,1-6H3. The number of rotatable bonds is 28. The van der Waals surface area contributed by atoms with Crippen LogP contribution in [0.25, 0.3) is 22.3 Å². The first-order valence-electron chi connectivity index (χ1n) is 24.8. The van der Waals surface area contributed by atoms with E-state index >= 15 is 4.79 Å². The van der Waals surface area contributed by atoms with E-state index in [1.54, 1.807) is 109 Å². The van der Waals surface area contributed by atoms with E-state index in [1.165, 1.54) is 12.1 Å². The van der Waals surface area contributed by atoms with Gasteiger partial charge in [0.2, 0.25) is 0 Å². The van der Waals surface area contributed by atoms with Gasteiger partial charge in [0.05, 0.1) is 11.1 Å². The first kappa shape index (κ1) is 55.0. The maximum absolute atomic E-state index is 15.3. The van der Waals surface area contributed by atoms with Gasteiger partial charge in [-0.2, -0.15) is 0 Å². The van der Waals surface area contributed by atoms with Gasteiger partial charge in [0.25, 0.3) is 0 Å².